The molecule has 1 aliphatic carbocycles. The van der Waals surface area contributed by atoms with Crippen LogP contribution in [0.1, 0.15) is 51.6 Å². The Bertz CT molecular complexity index is 683. The number of carbonyl (C=O) groups excluding carboxylic acids is 1. The number of carbonyl (C=O) groups is 1. The zero-order chi connectivity index (χ0) is 16.9. The largest absolute Gasteiger partial charge is 0.455 e. The van der Waals surface area contributed by atoms with Crippen molar-refractivity contribution in [3.8, 4) is 0 Å². The van der Waals surface area contributed by atoms with E-state index < -0.39 is 0 Å². The van der Waals surface area contributed by atoms with Crippen molar-refractivity contribution in [2.24, 2.45) is 0 Å². The van der Waals surface area contributed by atoms with Crippen LogP contribution in [0.2, 0.25) is 0 Å². The van der Waals surface area contributed by atoms with Gasteiger partial charge in [-0.05, 0) is 31.7 Å². The summed E-state index contributed by atoms with van der Waals surface area (Å²) in [4.78, 5) is 17.7. The molecule has 24 heavy (non-hydrogen) atoms. The van der Waals surface area contributed by atoms with Gasteiger partial charge in [0.2, 0.25) is 0 Å². The van der Waals surface area contributed by atoms with Crippen molar-refractivity contribution >= 4 is 17.3 Å². The zero-order valence-electron chi connectivity index (χ0n) is 14.2. The maximum Gasteiger partial charge on any atom is 0.350 e. The summed E-state index contributed by atoms with van der Waals surface area (Å²) in [7, 11) is 1.69. The molecule has 0 spiro atoms. The Hall–Kier alpha value is -1.72. The first-order valence-corrected chi connectivity index (χ1v) is 9.23. The molecule has 0 bridgehead atoms. The van der Waals surface area contributed by atoms with Crippen molar-refractivity contribution in [2.45, 2.75) is 51.2 Å². The van der Waals surface area contributed by atoms with E-state index in [4.69, 9.17) is 9.47 Å². The molecule has 1 heterocycles. The molecule has 1 aromatic carbocycles. The Morgan fingerprint density at radius 2 is 1.92 bits per heavy atom. The molecule has 2 atom stereocenters. The second-order valence-corrected chi connectivity index (χ2v) is 7.27. The Morgan fingerprint density at radius 3 is 2.62 bits per heavy atom. The van der Waals surface area contributed by atoms with Crippen molar-refractivity contribution in [1.82, 2.24) is 4.98 Å². The molecule has 1 fully saturated rings. The van der Waals surface area contributed by atoms with E-state index in [1.165, 1.54) is 16.9 Å². The van der Waals surface area contributed by atoms with Crippen LogP contribution in [-0.2, 0) is 15.9 Å². The third-order valence-corrected chi connectivity index (χ3v) is 5.57. The number of rotatable bonds is 5. The first-order valence-electron chi connectivity index (χ1n) is 8.41. The van der Waals surface area contributed by atoms with Gasteiger partial charge in [0.15, 0.2) is 0 Å². The molecule has 128 valence electrons. The highest BCUT2D eigenvalue weighted by Gasteiger charge is 2.29. The smallest absolute Gasteiger partial charge is 0.350 e. The first-order chi connectivity index (χ1) is 11.7. The highest BCUT2D eigenvalue weighted by Crippen LogP contribution is 2.27. The van der Waals surface area contributed by atoms with Crippen LogP contribution in [0.25, 0.3) is 0 Å². The van der Waals surface area contributed by atoms with Gasteiger partial charge in [-0.1, -0.05) is 36.8 Å². The van der Waals surface area contributed by atoms with Crippen LogP contribution < -0.4 is 0 Å². The Morgan fingerprint density at radius 1 is 1.21 bits per heavy atom. The summed E-state index contributed by atoms with van der Waals surface area (Å²) >= 11 is 1.43. The monoisotopic (exact) mass is 345 g/mol. The third kappa shape index (κ3) is 4.02. The van der Waals surface area contributed by atoms with E-state index in [1.807, 2.05) is 25.1 Å². The lowest BCUT2D eigenvalue weighted by atomic mass is 9.94. The SMILES string of the molecule is COC1CCCCC1OC(=O)c1sc(Cc2ccccc2)nc1C. The molecule has 5 heteroatoms. The molecule has 1 aromatic heterocycles. The van der Waals surface area contributed by atoms with Gasteiger partial charge in [0.05, 0.1) is 16.8 Å². The number of aryl methyl sites for hydroxylation is 1. The predicted molar refractivity (Wildman–Crippen MR) is 94.6 cm³/mol. The summed E-state index contributed by atoms with van der Waals surface area (Å²) in [5.41, 5.74) is 1.94. The van der Waals surface area contributed by atoms with Crippen molar-refractivity contribution in [2.75, 3.05) is 7.11 Å². The zero-order valence-corrected chi connectivity index (χ0v) is 15.0. The van der Waals surface area contributed by atoms with Crippen LogP contribution in [0.15, 0.2) is 30.3 Å². The molecule has 2 unspecified atom stereocenters. The Balaban J connectivity index is 1.68. The first kappa shape index (κ1) is 17.1. The van der Waals surface area contributed by atoms with Crippen molar-refractivity contribution in [1.29, 1.82) is 0 Å². The molecule has 0 radical (unpaired) electrons. The standard InChI is InChI=1S/C19H23NO3S/c1-13-18(19(21)23-16-11-7-6-10-15(16)22-2)24-17(20-13)12-14-8-4-3-5-9-14/h3-5,8-9,15-16H,6-7,10-12H2,1-2H3. The fourth-order valence-electron chi connectivity index (χ4n) is 3.15. The van der Waals surface area contributed by atoms with Crippen LogP contribution >= 0.6 is 11.3 Å². The van der Waals surface area contributed by atoms with Gasteiger partial charge in [-0.3, -0.25) is 0 Å². The average molecular weight is 345 g/mol. The molecule has 4 nitrogen and oxygen atoms in total. The molecule has 1 saturated carbocycles. The number of benzene rings is 1. The van der Waals surface area contributed by atoms with Gasteiger partial charge in [0.1, 0.15) is 11.0 Å². The molecule has 0 N–H and O–H groups in total. The number of ether oxygens (including phenoxy) is 2. The lowest BCUT2D eigenvalue weighted by Gasteiger charge is -2.29. The fourth-order valence-corrected chi connectivity index (χ4v) is 4.13. The number of hydrogen-bond donors (Lipinski definition) is 0. The minimum absolute atomic E-state index is 0.0136. The quantitative estimate of drug-likeness (QED) is 0.764. The van der Waals surface area contributed by atoms with Crippen LogP contribution in [-0.4, -0.2) is 30.3 Å². The summed E-state index contributed by atoms with van der Waals surface area (Å²) in [6, 6.07) is 10.2. The normalized spacial score (nSPS) is 20.8. The van der Waals surface area contributed by atoms with E-state index in [-0.39, 0.29) is 18.2 Å². The summed E-state index contributed by atoms with van der Waals surface area (Å²) < 4.78 is 11.2. The molecule has 3 rings (SSSR count). The average Bonchev–Trinajstić information content (AvgIpc) is 2.96. The maximum atomic E-state index is 12.6. The van der Waals surface area contributed by atoms with Crippen LogP contribution in [0, 0.1) is 6.92 Å². The fraction of sp³-hybridized carbons (Fsp3) is 0.474. The Labute approximate surface area is 146 Å². The van der Waals surface area contributed by atoms with Gasteiger partial charge in [-0.15, -0.1) is 11.3 Å². The van der Waals surface area contributed by atoms with Crippen LogP contribution in [0.3, 0.4) is 0 Å². The minimum Gasteiger partial charge on any atom is -0.455 e. The van der Waals surface area contributed by atoms with E-state index >= 15 is 0 Å². The molecule has 1 aliphatic rings. The molecular formula is C19H23NO3S. The van der Waals surface area contributed by atoms with E-state index in [9.17, 15) is 4.79 Å². The molecule has 0 amide bonds. The predicted octanol–water partition coefficient (Wildman–Crippen LogP) is 4.16. The minimum atomic E-state index is -0.265. The second-order valence-electron chi connectivity index (χ2n) is 6.19. The van der Waals surface area contributed by atoms with Gasteiger partial charge in [0.25, 0.3) is 0 Å². The van der Waals surface area contributed by atoms with E-state index in [0.29, 0.717) is 4.88 Å². The van der Waals surface area contributed by atoms with Gasteiger partial charge in [-0.2, -0.15) is 0 Å². The highest BCUT2D eigenvalue weighted by molar-refractivity contribution is 7.13. The molecular weight excluding hydrogens is 322 g/mol. The Kier molecular flexibility index (Phi) is 5.63. The topological polar surface area (TPSA) is 48.4 Å². The number of hydrogen-bond acceptors (Lipinski definition) is 5. The number of nitrogens with zero attached hydrogens (tertiary/aromatic N) is 1. The van der Waals surface area contributed by atoms with Crippen molar-refractivity contribution in [3.05, 3.63) is 51.5 Å². The summed E-state index contributed by atoms with van der Waals surface area (Å²) in [5.74, 6) is -0.265. The number of thiazole rings is 1. The van der Waals surface area contributed by atoms with Gasteiger partial charge < -0.3 is 9.47 Å². The van der Waals surface area contributed by atoms with E-state index in [2.05, 4.69) is 17.1 Å². The summed E-state index contributed by atoms with van der Waals surface area (Å²) in [6.07, 6.45) is 4.65. The number of aromatic nitrogens is 1. The highest BCUT2D eigenvalue weighted by atomic mass is 32.1. The number of esters is 1. The molecule has 2 aromatic rings. The van der Waals surface area contributed by atoms with Crippen molar-refractivity contribution < 1.29 is 14.3 Å². The molecule has 0 aliphatic heterocycles. The van der Waals surface area contributed by atoms with Gasteiger partial charge in [-0.25, -0.2) is 9.78 Å². The summed E-state index contributed by atoms with van der Waals surface area (Å²) in [5, 5.41) is 0.942. The van der Waals surface area contributed by atoms with E-state index in [1.54, 1.807) is 7.11 Å². The van der Waals surface area contributed by atoms with Crippen LogP contribution in [0.4, 0.5) is 0 Å². The maximum absolute atomic E-state index is 12.6. The molecule has 0 saturated heterocycles. The van der Waals surface area contributed by atoms with E-state index in [0.717, 1.165) is 42.8 Å². The lowest BCUT2D eigenvalue weighted by molar-refractivity contribution is -0.0537. The van der Waals surface area contributed by atoms with Crippen molar-refractivity contribution in [3.63, 3.8) is 0 Å². The van der Waals surface area contributed by atoms with Gasteiger partial charge in [0, 0.05) is 13.5 Å². The lowest BCUT2D eigenvalue weighted by Crippen LogP contribution is -2.35. The third-order valence-electron chi connectivity index (χ3n) is 4.43. The number of methoxy groups -OCH3 is 1. The van der Waals surface area contributed by atoms with Gasteiger partial charge >= 0.3 is 5.97 Å². The second kappa shape index (κ2) is 7.90. The summed E-state index contributed by atoms with van der Waals surface area (Å²) in [6.45, 7) is 1.87. The van der Waals surface area contributed by atoms with Crippen LogP contribution in [0.5, 0.6) is 0 Å².